The molecule has 2 aromatic carbocycles. The van der Waals surface area contributed by atoms with Crippen molar-refractivity contribution in [2.45, 2.75) is 30.6 Å². The van der Waals surface area contributed by atoms with E-state index in [1.54, 1.807) is 18.2 Å². The molecule has 1 N–H and O–H groups in total. The molecule has 0 saturated carbocycles. The molecule has 2 aliphatic heterocycles. The van der Waals surface area contributed by atoms with Crippen molar-refractivity contribution in [2.75, 3.05) is 43.5 Å². The summed E-state index contributed by atoms with van der Waals surface area (Å²) in [7, 11) is -2.54. The molecule has 2 aliphatic rings. The highest BCUT2D eigenvalue weighted by Gasteiger charge is 2.34. The van der Waals surface area contributed by atoms with Crippen molar-refractivity contribution >= 4 is 33.3 Å². The molecule has 8 nitrogen and oxygen atoms in total. The van der Waals surface area contributed by atoms with Crippen LogP contribution in [0.3, 0.4) is 0 Å². The highest BCUT2D eigenvalue weighted by Crippen LogP contribution is 2.32. The molecule has 0 bridgehead atoms. The Kier molecular flexibility index (Phi) is 7.18. The van der Waals surface area contributed by atoms with Crippen molar-refractivity contribution in [3.05, 3.63) is 53.8 Å². The summed E-state index contributed by atoms with van der Waals surface area (Å²) < 4.78 is 45.4. The molecule has 10 heteroatoms. The number of benzene rings is 2. The van der Waals surface area contributed by atoms with Gasteiger partial charge in [-0.1, -0.05) is 0 Å². The van der Waals surface area contributed by atoms with Crippen molar-refractivity contribution in [2.24, 2.45) is 5.92 Å². The minimum Gasteiger partial charge on any atom is -0.465 e. The molecule has 2 fully saturated rings. The van der Waals surface area contributed by atoms with Gasteiger partial charge in [0.05, 0.1) is 34.9 Å². The van der Waals surface area contributed by atoms with E-state index >= 15 is 0 Å². The van der Waals surface area contributed by atoms with Crippen LogP contribution >= 0.6 is 0 Å². The SMILES string of the molecule is COC(=O)c1ccc(N2CCCC2)c(NC(=O)C2CCCN(S(=O)(=O)c3ccc(F)cc3)C2)c1. The summed E-state index contributed by atoms with van der Waals surface area (Å²) in [4.78, 5) is 27.4. The van der Waals surface area contributed by atoms with Crippen LogP contribution < -0.4 is 10.2 Å². The number of carbonyl (C=O) groups excluding carboxylic acids is 2. The lowest BCUT2D eigenvalue weighted by atomic mass is 9.98. The third kappa shape index (κ3) is 5.07. The third-order valence-electron chi connectivity index (χ3n) is 6.33. The van der Waals surface area contributed by atoms with Gasteiger partial charge in [0, 0.05) is 26.2 Å². The van der Waals surface area contributed by atoms with Gasteiger partial charge in [-0.2, -0.15) is 4.31 Å². The van der Waals surface area contributed by atoms with E-state index in [9.17, 15) is 22.4 Å². The number of piperidine rings is 1. The fraction of sp³-hybridized carbons (Fsp3) is 0.417. The van der Waals surface area contributed by atoms with Crippen molar-refractivity contribution < 1.29 is 27.1 Å². The van der Waals surface area contributed by atoms with E-state index < -0.39 is 27.7 Å². The maximum Gasteiger partial charge on any atom is 0.337 e. The van der Waals surface area contributed by atoms with E-state index in [0.717, 1.165) is 43.8 Å². The minimum absolute atomic E-state index is 0.00272. The average Bonchev–Trinajstić information content (AvgIpc) is 3.38. The number of hydrogen-bond donors (Lipinski definition) is 1. The highest BCUT2D eigenvalue weighted by molar-refractivity contribution is 7.89. The zero-order valence-corrected chi connectivity index (χ0v) is 19.8. The van der Waals surface area contributed by atoms with E-state index in [4.69, 9.17) is 4.74 Å². The molecule has 34 heavy (non-hydrogen) atoms. The van der Waals surface area contributed by atoms with E-state index in [-0.39, 0.29) is 17.3 Å². The van der Waals surface area contributed by atoms with Gasteiger partial charge in [0.25, 0.3) is 0 Å². The summed E-state index contributed by atoms with van der Waals surface area (Å²) in [5.41, 5.74) is 1.66. The zero-order valence-electron chi connectivity index (χ0n) is 19.0. The topological polar surface area (TPSA) is 96.0 Å². The minimum atomic E-state index is -3.84. The van der Waals surface area contributed by atoms with Crippen LogP contribution in [0, 0.1) is 11.7 Å². The lowest BCUT2D eigenvalue weighted by molar-refractivity contribution is -0.120. The van der Waals surface area contributed by atoms with Gasteiger partial charge in [-0.05, 0) is 68.1 Å². The largest absolute Gasteiger partial charge is 0.465 e. The molecule has 182 valence electrons. The first-order valence-corrected chi connectivity index (χ1v) is 12.8. The van der Waals surface area contributed by atoms with Gasteiger partial charge in [0.1, 0.15) is 5.82 Å². The van der Waals surface area contributed by atoms with Crippen LogP contribution in [0.2, 0.25) is 0 Å². The van der Waals surface area contributed by atoms with E-state index in [2.05, 4.69) is 10.2 Å². The standard InChI is InChI=1S/C24H28FN3O5S/c1-33-24(30)17-6-11-22(27-12-2-3-13-27)21(15-17)26-23(29)18-5-4-14-28(16-18)34(31,32)20-9-7-19(25)8-10-20/h6-11,15,18H,2-5,12-14,16H2,1H3,(H,26,29). The van der Waals surface area contributed by atoms with Gasteiger partial charge >= 0.3 is 5.97 Å². The summed E-state index contributed by atoms with van der Waals surface area (Å²) in [6, 6.07) is 9.76. The van der Waals surface area contributed by atoms with Crippen LogP contribution in [0.4, 0.5) is 15.8 Å². The number of rotatable bonds is 6. The maximum absolute atomic E-state index is 13.2. The molecular formula is C24H28FN3O5S. The molecule has 2 saturated heterocycles. The zero-order chi connectivity index (χ0) is 24.3. The fourth-order valence-electron chi connectivity index (χ4n) is 4.48. The Hall–Kier alpha value is -2.98. The van der Waals surface area contributed by atoms with Crippen molar-refractivity contribution in [3.8, 4) is 0 Å². The number of anilines is 2. The molecule has 1 amide bonds. The van der Waals surface area contributed by atoms with Crippen LogP contribution in [0.25, 0.3) is 0 Å². The number of amides is 1. The number of esters is 1. The molecule has 0 spiro atoms. The molecule has 4 rings (SSSR count). The van der Waals surface area contributed by atoms with Crippen LogP contribution in [0.1, 0.15) is 36.0 Å². The average molecular weight is 490 g/mol. The fourth-order valence-corrected chi connectivity index (χ4v) is 6.00. The van der Waals surface area contributed by atoms with Crippen LogP contribution in [0.5, 0.6) is 0 Å². The predicted molar refractivity (Wildman–Crippen MR) is 126 cm³/mol. The Labute approximate surface area is 198 Å². The molecule has 2 aromatic rings. The normalized spacial score (nSPS) is 19.1. The monoisotopic (exact) mass is 489 g/mol. The first kappa shape index (κ1) is 24.2. The third-order valence-corrected chi connectivity index (χ3v) is 8.21. The second-order valence-electron chi connectivity index (χ2n) is 8.56. The Morgan fingerprint density at radius 3 is 2.41 bits per heavy atom. The van der Waals surface area contributed by atoms with Gasteiger partial charge in [0.2, 0.25) is 15.9 Å². The summed E-state index contributed by atoms with van der Waals surface area (Å²) in [6.07, 6.45) is 3.16. The quantitative estimate of drug-likeness (QED) is 0.626. The van der Waals surface area contributed by atoms with Crippen molar-refractivity contribution in [1.29, 1.82) is 0 Å². The molecule has 2 heterocycles. The number of hydrogen-bond acceptors (Lipinski definition) is 6. The lowest BCUT2D eigenvalue weighted by Gasteiger charge is -2.31. The number of halogens is 1. The van der Waals surface area contributed by atoms with Gasteiger partial charge in [-0.3, -0.25) is 4.79 Å². The number of sulfonamides is 1. The van der Waals surface area contributed by atoms with Crippen molar-refractivity contribution in [1.82, 2.24) is 4.31 Å². The number of methoxy groups -OCH3 is 1. The Bertz CT molecular complexity index is 1160. The van der Waals surface area contributed by atoms with Crippen molar-refractivity contribution in [3.63, 3.8) is 0 Å². The first-order valence-electron chi connectivity index (χ1n) is 11.3. The maximum atomic E-state index is 13.2. The summed E-state index contributed by atoms with van der Waals surface area (Å²) >= 11 is 0. The van der Waals surface area contributed by atoms with E-state index in [1.165, 1.54) is 23.5 Å². The predicted octanol–water partition coefficient (Wildman–Crippen LogP) is 3.25. The molecule has 1 atom stereocenters. The summed E-state index contributed by atoms with van der Waals surface area (Å²) in [6.45, 7) is 2.03. The smallest absolute Gasteiger partial charge is 0.337 e. The van der Waals surface area contributed by atoms with Gasteiger partial charge in [-0.25, -0.2) is 17.6 Å². The van der Waals surface area contributed by atoms with E-state index in [0.29, 0.717) is 30.6 Å². The summed E-state index contributed by atoms with van der Waals surface area (Å²) in [5.74, 6) is -1.88. The van der Waals surface area contributed by atoms with E-state index in [1.807, 2.05) is 0 Å². The number of ether oxygens (including phenoxy) is 1. The van der Waals surface area contributed by atoms with Gasteiger partial charge in [0.15, 0.2) is 0 Å². The lowest BCUT2D eigenvalue weighted by Crippen LogP contribution is -2.43. The number of nitrogens with zero attached hydrogens (tertiary/aromatic N) is 2. The molecule has 1 unspecified atom stereocenters. The second-order valence-corrected chi connectivity index (χ2v) is 10.5. The van der Waals surface area contributed by atoms with Crippen LogP contribution in [0.15, 0.2) is 47.4 Å². The summed E-state index contributed by atoms with van der Waals surface area (Å²) in [5, 5.41) is 2.94. The van der Waals surface area contributed by atoms with Gasteiger partial charge in [-0.15, -0.1) is 0 Å². The molecule has 0 aromatic heterocycles. The molecule has 0 aliphatic carbocycles. The molecular weight excluding hydrogens is 461 g/mol. The Morgan fingerprint density at radius 2 is 1.74 bits per heavy atom. The second kappa shape index (κ2) is 10.1. The van der Waals surface area contributed by atoms with Gasteiger partial charge < -0.3 is 15.0 Å². The van der Waals surface area contributed by atoms with Crippen LogP contribution in [-0.2, 0) is 19.6 Å². The molecule has 0 radical (unpaired) electrons. The highest BCUT2D eigenvalue weighted by atomic mass is 32.2. The Morgan fingerprint density at radius 1 is 1.03 bits per heavy atom. The van der Waals surface area contributed by atoms with Crippen LogP contribution in [-0.4, -0.2) is 57.9 Å². The first-order chi connectivity index (χ1) is 16.3. The number of carbonyl (C=O) groups is 2. The number of nitrogens with one attached hydrogen (secondary N) is 1. The Balaban J connectivity index is 1.54.